The Labute approximate surface area is 86.7 Å². The standard InChI is InChI=1S/C11H10O4/c12-11-4-8(5-13-11)7-1-2-9-10(3-7)15-6-14-9/h1-3,8H,4-6H2/t8-/m1/s1. The van der Waals surface area contributed by atoms with Gasteiger partial charge in [0, 0.05) is 5.92 Å². The lowest BCUT2D eigenvalue weighted by molar-refractivity contribution is -0.137. The summed E-state index contributed by atoms with van der Waals surface area (Å²) < 4.78 is 15.4. The van der Waals surface area contributed by atoms with Crippen molar-refractivity contribution in [2.45, 2.75) is 12.3 Å². The van der Waals surface area contributed by atoms with Crippen molar-refractivity contribution in [3.05, 3.63) is 23.8 Å². The van der Waals surface area contributed by atoms with Gasteiger partial charge in [0.25, 0.3) is 0 Å². The van der Waals surface area contributed by atoms with E-state index in [1.165, 1.54) is 0 Å². The number of carbonyl (C=O) groups excluding carboxylic acids is 1. The first-order valence-electron chi connectivity index (χ1n) is 4.88. The quantitative estimate of drug-likeness (QED) is 0.652. The smallest absolute Gasteiger partial charge is 0.306 e. The van der Waals surface area contributed by atoms with Crippen LogP contribution in [0.4, 0.5) is 0 Å². The number of rotatable bonds is 1. The molecular formula is C11H10O4. The molecule has 0 saturated carbocycles. The third-order valence-corrected chi connectivity index (χ3v) is 2.73. The lowest BCUT2D eigenvalue weighted by atomic mass is 9.98. The third-order valence-electron chi connectivity index (χ3n) is 2.73. The molecular weight excluding hydrogens is 196 g/mol. The molecule has 1 saturated heterocycles. The Hall–Kier alpha value is -1.71. The van der Waals surface area contributed by atoms with E-state index < -0.39 is 0 Å². The van der Waals surface area contributed by atoms with Gasteiger partial charge in [-0.1, -0.05) is 6.07 Å². The van der Waals surface area contributed by atoms with Gasteiger partial charge in [-0.25, -0.2) is 0 Å². The minimum absolute atomic E-state index is 0.127. The zero-order valence-electron chi connectivity index (χ0n) is 8.06. The van der Waals surface area contributed by atoms with Gasteiger partial charge in [0.15, 0.2) is 11.5 Å². The van der Waals surface area contributed by atoms with Gasteiger partial charge in [-0.15, -0.1) is 0 Å². The second-order valence-corrected chi connectivity index (χ2v) is 3.70. The first kappa shape index (κ1) is 8.59. The number of hydrogen-bond donors (Lipinski definition) is 0. The predicted molar refractivity (Wildman–Crippen MR) is 50.9 cm³/mol. The SMILES string of the molecule is O=C1C[C@@H](c2ccc3c(c2)OCO3)CO1. The van der Waals surface area contributed by atoms with Gasteiger partial charge < -0.3 is 14.2 Å². The van der Waals surface area contributed by atoms with E-state index in [1.807, 2.05) is 18.2 Å². The van der Waals surface area contributed by atoms with Crippen LogP contribution < -0.4 is 9.47 Å². The van der Waals surface area contributed by atoms with Crippen molar-refractivity contribution < 1.29 is 19.0 Å². The summed E-state index contributed by atoms with van der Waals surface area (Å²) in [5.74, 6) is 1.56. The summed E-state index contributed by atoms with van der Waals surface area (Å²) in [4.78, 5) is 11.0. The van der Waals surface area contributed by atoms with E-state index in [4.69, 9.17) is 14.2 Å². The van der Waals surface area contributed by atoms with Crippen molar-refractivity contribution in [3.8, 4) is 11.5 Å². The molecule has 0 radical (unpaired) electrons. The maximum atomic E-state index is 11.0. The molecule has 15 heavy (non-hydrogen) atoms. The fourth-order valence-electron chi connectivity index (χ4n) is 1.89. The second kappa shape index (κ2) is 3.15. The van der Waals surface area contributed by atoms with Crippen molar-refractivity contribution in [2.75, 3.05) is 13.4 Å². The van der Waals surface area contributed by atoms with Crippen molar-refractivity contribution in [1.29, 1.82) is 0 Å². The Morgan fingerprint density at radius 3 is 2.80 bits per heavy atom. The summed E-state index contributed by atoms with van der Waals surface area (Å²) >= 11 is 0. The Bertz CT molecular complexity index is 413. The fraction of sp³-hybridized carbons (Fsp3) is 0.364. The lowest BCUT2D eigenvalue weighted by Gasteiger charge is -2.06. The van der Waals surface area contributed by atoms with Gasteiger partial charge in [0.05, 0.1) is 13.0 Å². The zero-order valence-corrected chi connectivity index (χ0v) is 8.06. The number of carbonyl (C=O) groups is 1. The van der Waals surface area contributed by atoms with Gasteiger partial charge in [0.1, 0.15) is 0 Å². The monoisotopic (exact) mass is 206 g/mol. The number of cyclic esters (lactones) is 1. The van der Waals surface area contributed by atoms with E-state index in [-0.39, 0.29) is 18.7 Å². The van der Waals surface area contributed by atoms with Crippen molar-refractivity contribution in [2.24, 2.45) is 0 Å². The van der Waals surface area contributed by atoms with Crippen LogP contribution in [-0.4, -0.2) is 19.4 Å². The summed E-state index contributed by atoms with van der Waals surface area (Å²) in [6, 6.07) is 5.76. The molecule has 0 spiro atoms. The summed E-state index contributed by atoms with van der Waals surface area (Å²) in [6.45, 7) is 0.747. The molecule has 2 aliphatic rings. The fourth-order valence-corrected chi connectivity index (χ4v) is 1.89. The number of hydrogen-bond acceptors (Lipinski definition) is 4. The molecule has 3 rings (SSSR count). The van der Waals surface area contributed by atoms with Crippen molar-refractivity contribution in [1.82, 2.24) is 0 Å². The molecule has 0 unspecified atom stereocenters. The highest BCUT2D eigenvalue weighted by atomic mass is 16.7. The third kappa shape index (κ3) is 1.42. The maximum absolute atomic E-state index is 11.0. The van der Waals surface area contributed by atoms with Gasteiger partial charge in [-0.3, -0.25) is 4.79 Å². The number of ether oxygens (including phenoxy) is 3. The molecule has 2 aliphatic heterocycles. The molecule has 0 aromatic heterocycles. The van der Waals surface area contributed by atoms with E-state index in [9.17, 15) is 4.79 Å². The molecule has 4 nitrogen and oxygen atoms in total. The number of fused-ring (bicyclic) bond motifs is 1. The summed E-state index contributed by atoms with van der Waals surface area (Å²) in [5, 5.41) is 0. The summed E-state index contributed by atoms with van der Waals surface area (Å²) in [6.07, 6.45) is 0.458. The van der Waals surface area contributed by atoms with E-state index in [2.05, 4.69) is 0 Å². The summed E-state index contributed by atoms with van der Waals surface area (Å²) in [7, 11) is 0. The molecule has 1 fully saturated rings. The maximum Gasteiger partial charge on any atom is 0.306 e. The molecule has 0 aliphatic carbocycles. The first-order valence-corrected chi connectivity index (χ1v) is 4.88. The second-order valence-electron chi connectivity index (χ2n) is 3.70. The average molecular weight is 206 g/mol. The molecule has 0 bridgehead atoms. The van der Waals surface area contributed by atoms with E-state index >= 15 is 0 Å². The van der Waals surface area contributed by atoms with E-state index in [0.29, 0.717) is 13.0 Å². The highest BCUT2D eigenvalue weighted by Gasteiger charge is 2.26. The molecule has 1 aromatic carbocycles. The molecule has 0 amide bonds. The molecule has 1 atom stereocenters. The minimum atomic E-state index is -0.127. The molecule has 1 aromatic rings. The number of benzene rings is 1. The normalized spacial score (nSPS) is 22.9. The van der Waals surface area contributed by atoms with Crippen LogP contribution in [0.15, 0.2) is 18.2 Å². The van der Waals surface area contributed by atoms with Crippen LogP contribution in [0.1, 0.15) is 17.9 Å². The minimum Gasteiger partial charge on any atom is -0.465 e. The van der Waals surface area contributed by atoms with Crippen LogP contribution in [-0.2, 0) is 9.53 Å². The van der Waals surface area contributed by atoms with Crippen molar-refractivity contribution >= 4 is 5.97 Å². The highest BCUT2D eigenvalue weighted by molar-refractivity contribution is 5.73. The zero-order chi connectivity index (χ0) is 10.3. The Morgan fingerprint density at radius 2 is 2.00 bits per heavy atom. The number of esters is 1. The topological polar surface area (TPSA) is 44.8 Å². The first-order chi connectivity index (χ1) is 7.33. The van der Waals surface area contributed by atoms with Crippen LogP contribution in [0.2, 0.25) is 0 Å². The van der Waals surface area contributed by atoms with Crippen molar-refractivity contribution in [3.63, 3.8) is 0 Å². The van der Waals surface area contributed by atoms with Crippen LogP contribution in [0, 0.1) is 0 Å². The molecule has 78 valence electrons. The van der Waals surface area contributed by atoms with Gasteiger partial charge in [-0.05, 0) is 17.7 Å². The van der Waals surface area contributed by atoms with Crippen LogP contribution in [0.25, 0.3) is 0 Å². The molecule has 0 N–H and O–H groups in total. The average Bonchev–Trinajstić information content (AvgIpc) is 2.84. The van der Waals surface area contributed by atoms with Crippen LogP contribution >= 0.6 is 0 Å². The predicted octanol–water partition coefficient (Wildman–Crippen LogP) is 1.45. The van der Waals surface area contributed by atoms with Gasteiger partial charge in [0.2, 0.25) is 6.79 Å². The van der Waals surface area contributed by atoms with Gasteiger partial charge in [-0.2, -0.15) is 0 Å². The van der Waals surface area contributed by atoms with Gasteiger partial charge >= 0.3 is 5.97 Å². The molecule has 4 heteroatoms. The molecule has 2 heterocycles. The largest absolute Gasteiger partial charge is 0.465 e. The van der Waals surface area contributed by atoms with E-state index in [1.54, 1.807) is 0 Å². The lowest BCUT2D eigenvalue weighted by Crippen LogP contribution is -1.97. The summed E-state index contributed by atoms with van der Waals surface area (Å²) in [5.41, 5.74) is 1.07. The van der Waals surface area contributed by atoms with E-state index in [0.717, 1.165) is 17.1 Å². The Balaban J connectivity index is 1.89. The Morgan fingerprint density at radius 1 is 1.13 bits per heavy atom. The Kier molecular flexibility index (Phi) is 1.80. The highest BCUT2D eigenvalue weighted by Crippen LogP contribution is 2.36. The van der Waals surface area contributed by atoms with Crippen LogP contribution in [0.3, 0.4) is 0 Å². The van der Waals surface area contributed by atoms with Crippen LogP contribution in [0.5, 0.6) is 11.5 Å².